The lowest BCUT2D eigenvalue weighted by atomic mass is 9.92. The SMILES string of the molecule is CCCC1=C(C(=O)OCC)[C@@H](c2ccc3c(c2)OCO3)N2C(=N1)SC(C#N)=C2N. The summed E-state index contributed by atoms with van der Waals surface area (Å²) in [5.74, 6) is 1.08. The van der Waals surface area contributed by atoms with E-state index in [0.717, 1.165) is 12.0 Å². The maximum Gasteiger partial charge on any atom is 0.338 e. The van der Waals surface area contributed by atoms with Crippen LogP contribution in [0, 0.1) is 11.3 Å². The Bertz CT molecular complexity index is 1010. The number of carbonyl (C=O) groups is 1. The van der Waals surface area contributed by atoms with E-state index in [2.05, 4.69) is 11.1 Å². The number of nitrogens with zero attached hydrogens (tertiary/aromatic N) is 3. The molecule has 0 aromatic heterocycles. The lowest BCUT2D eigenvalue weighted by Gasteiger charge is -2.35. The molecule has 0 bridgehead atoms. The molecule has 3 aliphatic rings. The van der Waals surface area contributed by atoms with Crippen LogP contribution in [0.25, 0.3) is 0 Å². The summed E-state index contributed by atoms with van der Waals surface area (Å²) in [5.41, 5.74) is 8.15. The van der Waals surface area contributed by atoms with Crippen molar-refractivity contribution in [3.8, 4) is 17.6 Å². The molecule has 2 N–H and O–H groups in total. The van der Waals surface area contributed by atoms with Crippen molar-refractivity contribution in [2.75, 3.05) is 13.4 Å². The lowest BCUT2D eigenvalue weighted by Crippen LogP contribution is -2.39. The predicted octanol–water partition coefficient (Wildman–Crippen LogP) is 3.14. The average Bonchev–Trinajstić information content (AvgIpc) is 3.31. The highest BCUT2D eigenvalue weighted by molar-refractivity contribution is 8.17. The Balaban J connectivity index is 1.90. The zero-order chi connectivity index (χ0) is 20.5. The molecule has 0 radical (unpaired) electrons. The largest absolute Gasteiger partial charge is 0.463 e. The van der Waals surface area contributed by atoms with Crippen molar-refractivity contribution in [3.63, 3.8) is 0 Å². The summed E-state index contributed by atoms with van der Waals surface area (Å²) >= 11 is 1.21. The standard InChI is InChI=1S/C20H20N4O4S/c1-3-5-12-16(19(25)26-4-2)17(11-6-7-13-14(8-11)28-10-27-13)24-18(22)15(9-21)29-20(24)23-12/h6-8,17H,3-5,10,22H2,1-2H3/t17-/m1/s1. The van der Waals surface area contributed by atoms with Gasteiger partial charge in [0.15, 0.2) is 16.7 Å². The molecule has 4 rings (SSSR count). The second-order valence-corrected chi connectivity index (χ2v) is 7.52. The highest BCUT2D eigenvalue weighted by Crippen LogP contribution is 2.47. The minimum Gasteiger partial charge on any atom is -0.463 e. The number of esters is 1. The maximum absolute atomic E-state index is 13.0. The van der Waals surface area contributed by atoms with Crippen LogP contribution in [0.4, 0.5) is 0 Å². The Morgan fingerprint density at radius 3 is 2.93 bits per heavy atom. The van der Waals surface area contributed by atoms with Crippen molar-refractivity contribution >= 4 is 22.9 Å². The zero-order valence-electron chi connectivity index (χ0n) is 16.1. The Labute approximate surface area is 172 Å². The monoisotopic (exact) mass is 412 g/mol. The number of ether oxygens (including phenoxy) is 3. The number of fused-ring (bicyclic) bond motifs is 2. The molecule has 0 saturated carbocycles. The number of nitrogens with two attached hydrogens (primary N) is 1. The van der Waals surface area contributed by atoms with Crippen LogP contribution in [0.2, 0.25) is 0 Å². The topological polar surface area (TPSA) is 110 Å². The Hall–Kier alpha value is -3.12. The van der Waals surface area contributed by atoms with Crippen LogP contribution in [0.3, 0.4) is 0 Å². The third-order valence-electron chi connectivity index (χ3n) is 4.76. The maximum atomic E-state index is 13.0. The van der Waals surface area contributed by atoms with Crippen molar-refractivity contribution < 1.29 is 19.0 Å². The van der Waals surface area contributed by atoms with Gasteiger partial charge in [0.2, 0.25) is 6.79 Å². The van der Waals surface area contributed by atoms with Crippen molar-refractivity contribution in [1.82, 2.24) is 4.90 Å². The molecular weight excluding hydrogens is 392 g/mol. The minimum atomic E-state index is -0.573. The van der Waals surface area contributed by atoms with Gasteiger partial charge < -0.3 is 19.9 Å². The van der Waals surface area contributed by atoms with Crippen LogP contribution >= 0.6 is 11.8 Å². The highest BCUT2D eigenvalue weighted by Gasteiger charge is 2.43. The molecule has 0 fully saturated rings. The number of rotatable bonds is 5. The molecule has 1 aromatic rings. The van der Waals surface area contributed by atoms with Crippen LogP contribution in [-0.4, -0.2) is 29.4 Å². The van der Waals surface area contributed by atoms with Gasteiger partial charge in [-0.1, -0.05) is 19.4 Å². The molecule has 0 unspecified atom stereocenters. The third-order valence-corrected chi connectivity index (χ3v) is 5.74. The number of thioether (sulfide) groups is 1. The molecule has 29 heavy (non-hydrogen) atoms. The van der Waals surface area contributed by atoms with E-state index in [1.807, 2.05) is 19.1 Å². The zero-order valence-corrected chi connectivity index (χ0v) is 16.9. The number of hydrogen-bond donors (Lipinski definition) is 1. The number of aliphatic imine (C=N–C) groups is 1. The van der Waals surface area contributed by atoms with Crippen molar-refractivity contribution in [2.24, 2.45) is 10.7 Å². The van der Waals surface area contributed by atoms with E-state index in [0.29, 0.717) is 39.3 Å². The summed E-state index contributed by atoms with van der Waals surface area (Å²) in [6, 6.07) is 7.05. The van der Waals surface area contributed by atoms with Gasteiger partial charge >= 0.3 is 5.97 Å². The molecule has 0 spiro atoms. The van der Waals surface area contributed by atoms with Gasteiger partial charge in [-0.3, -0.25) is 4.90 Å². The van der Waals surface area contributed by atoms with Gasteiger partial charge in [-0.25, -0.2) is 9.79 Å². The second kappa shape index (κ2) is 7.72. The molecule has 9 heteroatoms. The normalized spacial score (nSPS) is 19.8. The smallest absolute Gasteiger partial charge is 0.338 e. The first-order valence-electron chi connectivity index (χ1n) is 9.34. The first kappa shape index (κ1) is 19.2. The Morgan fingerprint density at radius 2 is 2.21 bits per heavy atom. The molecule has 1 aromatic carbocycles. The first-order valence-corrected chi connectivity index (χ1v) is 10.2. The molecule has 150 valence electrons. The molecular formula is C20H20N4O4S. The molecule has 8 nitrogen and oxygen atoms in total. The van der Waals surface area contributed by atoms with Crippen LogP contribution < -0.4 is 15.2 Å². The van der Waals surface area contributed by atoms with Crippen LogP contribution in [0.1, 0.15) is 38.3 Å². The van der Waals surface area contributed by atoms with Gasteiger partial charge in [0.1, 0.15) is 16.8 Å². The third kappa shape index (κ3) is 3.19. The molecule has 3 heterocycles. The fourth-order valence-electron chi connectivity index (χ4n) is 3.54. The van der Waals surface area contributed by atoms with E-state index in [1.54, 1.807) is 17.9 Å². The van der Waals surface area contributed by atoms with Gasteiger partial charge in [0.05, 0.1) is 23.9 Å². The second-order valence-electron chi connectivity index (χ2n) is 6.54. The number of hydrogen-bond acceptors (Lipinski definition) is 9. The first-order chi connectivity index (χ1) is 14.1. The molecule has 0 aliphatic carbocycles. The Kier molecular flexibility index (Phi) is 5.11. The van der Waals surface area contributed by atoms with E-state index in [9.17, 15) is 10.1 Å². The number of allylic oxidation sites excluding steroid dienone is 2. The molecule has 3 aliphatic heterocycles. The van der Waals surface area contributed by atoms with E-state index >= 15 is 0 Å². The van der Waals surface area contributed by atoms with E-state index in [1.165, 1.54) is 11.8 Å². The summed E-state index contributed by atoms with van der Waals surface area (Å²) < 4.78 is 16.3. The van der Waals surface area contributed by atoms with E-state index in [-0.39, 0.29) is 19.2 Å². The van der Waals surface area contributed by atoms with E-state index < -0.39 is 12.0 Å². The summed E-state index contributed by atoms with van der Waals surface area (Å²) in [5, 5.41) is 10.0. The van der Waals surface area contributed by atoms with Crippen molar-refractivity contribution in [2.45, 2.75) is 32.7 Å². The molecule has 1 atom stereocenters. The van der Waals surface area contributed by atoms with Crippen LogP contribution in [-0.2, 0) is 9.53 Å². The number of nitriles is 1. The summed E-state index contributed by atoms with van der Waals surface area (Å²) in [6.45, 7) is 4.18. The van der Waals surface area contributed by atoms with Gasteiger partial charge in [-0.2, -0.15) is 5.26 Å². The quantitative estimate of drug-likeness (QED) is 0.735. The highest BCUT2D eigenvalue weighted by atomic mass is 32.2. The van der Waals surface area contributed by atoms with Crippen LogP contribution in [0.5, 0.6) is 11.5 Å². The minimum absolute atomic E-state index is 0.151. The number of amidine groups is 1. The lowest BCUT2D eigenvalue weighted by molar-refractivity contribution is -0.139. The van der Waals surface area contributed by atoms with Crippen LogP contribution in [0.15, 0.2) is 45.2 Å². The Morgan fingerprint density at radius 1 is 1.41 bits per heavy atom. The molecule has 0 saturated heterocycles. The molecule has 0 amide bonds. The number of benzene rings is 1. The van der Waals surface area contributed by atoms with Crippen molar-refractivity contribution in [3.05, 3.63) is 45.8 Å². The van der Waals surface area contributed by atoms with Gasteiger partial charge in [-0.15, -0.1) is 0 Å². The summed E-state index contributed by atoms with van der Waals surface area (Å²) in [4.78, 5) is 19.7. The fraction of sp³-hybridized carbons (Fsp3) is 0.350. The average molecular weight is 412 g/mol. The fourth-order valence-corrected chi connectivity index (χ4v) is 4.43. The van der Waals surface area contributed by atoms with Gasteiger partial charge in [-0.05, 0) is 42.8 Å². The van der Waals surface area contributed by atoms with Crippen molar-refractivity contribution in [1.29, 1.82) is 5.26 Å². The summed E-state index contributed by atoms with van der Waals surface area (Å²) in [7, 11) is 0. The summed E-state index contributed by atoms with van der Waals surface area (Å²) in [6.07, 6.45) is 1.41. The predicted molar refractivity (Wildman–Crippen MR) is 108 cm³/mol. The van der Waals surface area contributed by atoms with Gasteiger partial charge in [0, 0.05) is 0 Å². The number of carbonyl (C=O) groups excluding carboxylic acids is 1. The van der Waals surface area contributed by atoms with Gasteiger partial charge in [0.25, 0.3) is 0 Å². The van der Waals surface area contributed by atoms with E-state index in [4.69, 9.17) is 19.9 Å².